The number of thiazole rings is 1. The molecule has 0 aliphatic carbocycles. The van der Waals surface area contributed by atoms with E-state index < -0.39 is 23.2 Å². The van der Waals surface area contributed by atoms with Crippen LogP contribution in [0.3, 0.4) is 0 Å². The maximum absolute atomic E-state index is 13.0. The fourth-order valence-electron chi connectivity index (χ4n) is 2.84. The van der Waals surface area contributed by atoms with Crippen LogP contribution in [0.2, 0.25) is 0 Å². The van der Waals surface area contributed by atoms with Gasteiger partial charge in [0, 0.05) is 28.9 Å². The van der Waals surface area contributed by atoms with Gasteiger partial charge in [0.15, 0.2) is 0 Å². The number of hydrogen-bond acceptors (Lipinski definition) is 5. The van der Waals surface area contributed by atoms with Gasteiger partial charge in [0.25, 0.3) is 11.5 Å². The molecule has 0 saturated carbocycles. The molecule has 0 saturated heterocycles. The molecule has 6 nitrogen and oxygen atoms in total. The van der Waals surface area contributed by atoms with Crippen molar-refractivity contribution in [1.82, 2.24) is 14.5 Å². The van der Waals surface area contributed by atoms with Crippen LogP contribution >= 0.6 is 11.3 Å². The largest absolute Gasteiger partial charge is 0.416 e. The van der Waals surface area contributed by atoms with Gasteiger partial charge in [0.05, 0.1) is 16.8 Å². The summed E-state index contributed by atoms with van der Waals surface area (Å²) in [4.78, 5) is 32.9. The van der Waals surface area contributed by atoms with Gasteiger partial charge in [0.1, 0.15) is 11.5 Å². The van der Waals surface area contributed by atoms with Crippen molar-refractivity contribution in [3.63, 3.8) is 0 Å². The molecule has 4 rings (SSSR count). The minimum absolute atomic E-state index is 0.234. The molecule has 31 heavy (non-hydrogen) atoms. The lowest BCUT2D eigenvalue weighted by Crippen LogP contribution is -2.20. The van der Waals surface area contributed by atoms with Crippen molar-refractivity contribution in [1.29, 1.82) is 0 Å². The second-order valence-electron chi connectivity index (χ2n) is 6.41. The fraction of sp³-hybridized carbons (Fsp3) is 0.0476. The number of carbonyl (C=O) groups excluding carboxylic acids is 1. The smallest absolute Gasteiger partial charge is 0.320 e. The third-order valence-corrected chi connectivity index (χ3v) is 4.90. The van der Waals surface area contributed by atoms with Crippen molar-refractivity contribution in [2.75, 3.05) is 5.32 Å². The van der Waals surface area contributed by atoms with Crippen molar-refractivity contribution >= 4 is 22.9 Å². The van der Waals surface area contributed by atoms with Crippen LogP contribution in [0.5, 0.6) is 0 Å². The number of anilines is 1. The molecule has 3 heterocycles. The van der Waals surface area contributed by atoms with E-state index in [-0.39, 0.29) is 28.5 Å². The summed E-state index contributed by atoms with van der Waals surface area (Å²) >= 11 is 1.27. The standard InChI is InChI=1S/C21H13F3N4O2S/c22-21(23,24)14-4-1-3-13(9-14)16-5-2-6-18(27-16)28-8-7-15(10-19(28)29)26-20(30)17-11-31-12-25-17/h1-12H,(H,26,30). The van der Waals surface area contributed by atoms with E-state index in [1.54, 1.807) is 23.6 Å². The molecule has 3 aromatic heterocycles. The Morgan fingerprint density at radius 1 is 1.06 bits per heavy atom. The van der Waals surface area contributed by atoms with Crippen LogP contribution in [0.25, 0.3) is 17.1 Å². The number of amides is 1. The first kappa shape index (κ1) is 20.5. The molecule has 0 atom stereocenters. The molecule has 10 heteroatoms. The molecule has 1 N–H and O–H groups in total. The summed E-state index contributed by atoms with van der Waals surface area (Å²) in [5.41, 5.74) is 1.36. The van der Waals surface area contributed by atoms with E-state index in [4.69, 9.17) is 0 Å². The second kappa shape index (κ2) is 8.15. The lowest BCUT2D eigenvalue weighted by atomic mass is 10.1. The van der Waals surface area contributed by atoms with Gasteiger partial charge in [-0.15, -0.1) is 11.3 Å². The molecule has 0 spiro atoms. The quantitative estimate of drug-likeness (QED) is 0.500. The Balaban J connectivity index is 1.62. The number of pyridine rings is 2. The molecule has 4 aromatic rings. The van der Waals surface area contributed by atoms with Crippen molar-refractivity contribution in [2.24, 2.45) is 0 Å². The lowest BCUT2D eigenvalue weighted by molar-refractivity contribution is -0.137. The first-order valence-corrected chi connectivity index (χ1v) is 9.83. The van der Waals surface area contributed by atoms with E-state index in [0.29, 0.717) is 0 Å². The van der Waals surface area contributed by atoms with Crippen LogP contribution < -0.4 is 10.9 Å². The van der Waals surface area contributed by atoms with Gasteiger partial charge in [-0.25, -0.2) is 9.97 Å². The molecule has 0 fully saturated rings. The number of nitrogens with one attached hydrogen (secondary N) is 1. The first-order chi connectivity index (χ1) is 14.8. The number of nitrogens with zero attached hydrogens (tertiary/aromatic N) is 3. The van der Waals surface area contributed by atoms with Gasteiger partial charge in [-0.1, -0.05) is 18.2 Å². The molecule has 0 radical (unpaired) electrons. The fourth-order valence-corrected chi connectivity index (χ4v) is 3.37. The summed E-state index contributed by atoms with van der Waals surface area (Å²) in [6, 6.07) is 12.3. The van der Waals surface area contributed by atoms with Gasteiger partial charge in [-0.2, -0.15) is 13.2 Å². The third kappa shape index (κ3) is 4.53. The molecular weight excluding hydrogens is 429 g/mol. The summed E-state index contributed by atoms with van der Waals surface area (Å²) in [6.45, 7) is 0. The molecule has 0 unspecified atom stereocenters. The number of halogens is 3. The van der Waals surface area contributed by atoms with E-state index in [1.807, 2.05) is 0 Å². The monoisotopic (exact) mass is 442 g/mol. The maximum Gasteiger partial charge on any atom is 0.416 e. The number of benzene rings is 1. The molecule has 0 bridgehead atoms. The van der Waals surface area contributed by atoms with E-state index in [1.165, 1.54) is 51.9 Å². The summed E-state index contributed by atoms with van der Waals surface area (Å²) in [6.07, 6.45) is -3.04. The van der Waals surface area contributed by atoms with Gasteiger partial charge in [-0.05, 0) is 30.3 Å². The van der Waals surface area contributed by atoms with E-state index in [9.17, 15) is 22.8 Å². The van der Waals surface area contributed by atoms with Crippen molar-refractivity contribution in [3.8, 4) is 17.1 Å². The van der Waals surface area contributed by atoms with Crippen LogP contribution in [-0.4, -0.2) is 20.4 Å². The zero-order valence-corrected chi connectivity index (χ0v) is 16.4. The number of alkyl halides is 3. The summed E-state index contributed by atoms with van der Waals surface area (Å²) in [7, 11) is 0. The molecule has 156 valence electrons. The zero-order valence-electron chi connectivity index (χ0n) is 15.6. The van der Waals surface area contributed by atoms with E-state index in [2.05, 4.69) is 15.3 Å². The maximum atomic E-state index is 13.0. The van der Waals surface area contributed by atoms with Crippen LogP contribution in [0, 0.1) is 0 Å². The Morgan fingerprint density at radius 2 is 1.87 bits per heavy atom. The Bertz CT molecular complexity index is 1300. The number of aromatic nitrogens is 3. The topological polar surface area (TPSA) is 76.9 Å². The Labute approximate surface area is 177 Å². The highest BCUT2D eigenvalue weighted by Gasteiger charge is 2.30. The number of hydrogen-bond donors (Lipinski definition) is 1. The van der Waals surface area contributed by atoms with Gasteiger partial charge < -0.3 is 5.32 Å². The Kier molecular flexibility index (Phi) is 5.38. The third-order valence-electron chi connectivity index (χ3n) is 4.31. The minimum Gasteiger partial charge on any atom is -0.320 e. The SMILES string of the molecule is O=C(Nc1ccn(-c2cccc(-c3cccc(C(F)(F)F)c3)n2)c(=O)c1)c1cscn1. The molecular formula is C21H13F3N4O2S. The Morgan fingerprint density at radius 3 is 2.58 bits per heavy atom. The van der Waals surface area contributed by atoms with E-state index >= 15 is 0 Å². The predicted molar refractivity (Wildman–Crippen MR) is 110 cm³/mol. The van der Waals surface area contributed by atoms with E-state index in [0.717, 1.165) is 12.1 Å². The van der Waals surface area contributed by atoms with Crippen LogP contribution in [0.4, 0.5) is 18.9 Å². The van der Waals surface area contributed by atoms with Crippen molar-refractivity contribution in [3.05, 3.63) is 93.3 Å². The van der Waals surface area contributed by atoms with Crippen molar-refractivity contribution in [2.45, 2.75) is 6.18 Å². The first-order valence-electron chi connectivity index (χ1n) is 8.88. The average molecular weight is 442 g/mol. The molecule has 1 aromatic carbocycles. The predicted octanol–water partition coefficient (Wildman–Crippen LogP) is 4.63. The average Bonchev–Trinajstić information content (AvgIpc) is 3.29. The van der Waals surface area contributed by atoms with Crippen LogP contribution in [-0.2, 0) is 6.18 Å². The summed E-state index contributed by atoms with van der Waals surface area (Å²) < 4.78 is 40.2. The highest BCUT2D eigenvalue weighted by Crippen LogP contribution is 2.31. The second-order valence-corrected chi connectivity index (χ2v) is 7.13. The number of rotatable bonds is 4. The zero-order chi connectivity index (χ0) is 22.0. The van der Waals surface area contributed by atoms with Crippen LogP contribution in [0.15, 0.2) is 76.5 Å². The van der Waals surface area contributed by atoms with Gasteiger partial charge >= 0.3 is 6.18 Å². The number of carbonyl (C=O) groups is 1. The molecule has 1 amide bonds. The van der Waals surface area contributed by atoms with Crippen molar-refractivity contribution < 1.29 is 18.0 Å². The highest BCUT2D eigenvalue weighted by molar-refractivity contribution is 7.07. The lowest BCUT2D eigenvalue weighted by Gasteiger charge is -2.11. The summed E-state index contributed by atoms with van der Waals surface area (Å²) in [5.74, 6) is -0.208. The molecule has 0 aliphatic rings. The normalized spacial score (nSPS) is 11.3. The Hall–Kier alpha value is -3.79. The van der Waals surface area contributed by atoms with Gasteiger partial charge in [-0.3, -0.25) is 14.2 Å². The van der Waals surface area contributed by atoms with Gasteiger partial charge in [0.2, 0.25) is 0 Å². The summed E-state index contributed by atoms with van der Waals surface area (Å²) in [5, 5.41) is 4.17. The molecule has 0 aliphatic heterocycles. The van der Waals surface area contributed by atoms with Crippen LogP contribution in [0.1, 0.15) is 16.1 Å². The highest BCUT2D eigenvalue weighted by atomic mass is 32.1. The minimum atomic E-state index is -4.47.